The van der Waals surface area contributed by atoms with E-state index in [1.165, 1.54) is 5.56 Å². The van der Waals surface area contributed by atoms with E-state index in [4.69, 9.17) is 25.8 Å². The Morgan fingerprint density at radius 3 is 2.75 bits per heavy atom. The molecule has 2 aliphatic heterocycles. The van der Waals surface area contributed by atoms with Crippen molar-refractivity contribution in [1.82, 2.24) is 0 Å². The number of ether oxygens (including phenoxy) is 3. The number of hydrogen-bond acceptors (Lipinski definition) is 4. The van der Waals surface area contributed by atoms with Crippen molar-refractivity contribution in [2.45, 2.75) is 64.3 Å². The van der Waals surface area contributed by atoms with Crippen molar-refractivity contribution in [2.24, 2.45) is 11.8 Å². The fraction of sp³-hybridized carbons (Fsp3) is 0.500. The molecule has 2 heterocycles. The van der Waals surface area contributed by atoms with Gasteiger partial charge in [0.2, 0.25) is 0 Å². The van der Waals surface area contributed by atoms with E-state index in [1.807, 2.05) is 32.0 Å². The van der Waals surface area contributed by atoms with E-state index in [-0.39, 0.29) is 18.6 Å². The number of hydrogen-bond donors (Lipinski definition) is 1. The van der Waals surface area contributed by atoms with Gasteiger partial charge in [0.1, 0.15) is 29.8 Å². The Balaban J connectivity index is 1.62. The van der Waals surface area contributed by atoms with Gasteiger partial charge in [-0.15, -0.1) is 0 Å². The van der Waals surface area contributed by atoms with Crippen LogP contribution in [-0.4, -0.2) is 29.4 Å². The summed E-state index contributed by atoms with van der Waals surface area (Å²) in [5.41, 5.74) is 1.72. The van der Waals surface area contributed by atoms with Crippen LogP contribution in [0.15, 0.2) is 42.5 Å². The quantitative estimate of drug-likeness (QED) is 0.544. The van der Waals surface area contributed by atoms with E-state index in [9.17, 15) is 9.90 Å². The molecule has 0 bridgehead atoms. The number of aryl methyl sites for hydroxylation is 1. The minimum absolute atomic E-state index is 0.0749. The SMILES string of the molecule is CCCCc1ccc2c(c1)[C@H]1O[C@@H](COc3ccccc3Cl)[C@@H](C(=O)O)C[C@@H]1C(C)(C)O2. The van der Waals surface area contributed by atoms with Crippen molar-refractivity contribution in [2.75, 3.05) is 6.61 Å². The van der Waals surface area contributed by atoms with Crippen LogP contribution >= 0.6 is 11.6 Å². The highest BCUT2D eigenvalue weighted by molar-refractivity contribution is 6.32. The van der Waals surface area contributed by atoms with Gasteiger partial charge in [-0.05, 0) is 62.9 Å². The summed E-state index contributed by atoms with van der Waals surface area (Å²) < 4.78 is 18.8. The molecule has 0 spiro atoms. The summed E-state index contributed by atoms with van der Waals surface area (Å²) in [5, 5.41) is 10.4. The third kappa shape index (κ3) is 4.60. The highest BCUT2D eigenvalue weighted by Gasteiger charge is 2.52. The van der Waals surface area contributed by atoms with E-state index in [0.29, 0.717) is 17.2 Å². The van der Waals surface area contributed by atoms with Crippen molar-refractivity contribution in [3.63, 3.8) is 0 Å². The molecule has 4 rings (SSSR count). The van der Waals surface area contributed by atoms with Crippen LogP contribution in [0.1, 0.15) is 57.3 Å². The van der Waals surface area contributed by atoms with E-state index in [0.717, 1.165) is 30.6 Å². The van der Waals surface area contributed by atoms with Gasteiger partial charge in [0.05, 0.1) is 17.0 Å². The predicted octanol–water partition coefficient (Wildman–Crippen LogP) is 6.08. The van der Waals surface area contributed by atoms with Crippen LogP contribution in [-0.2, 0) is 16.0 Å². The van der Waals surface area contributed by atoms with E-state index in [2.05, 4.69) is 19.1 Å². The zero-order valence-corrected chi connectivity index (χ0v) is 19.6. The van der Waals surface area contributed by atoms with Gasteiger partial charge in [-0.25, -0.2) is 0 Å². The first-order valence-corrected chi connectivity index (χ1v) is 11.8. The van der Waals surface area contributed by atoms with Crippen molar-refractivity contribution in [3.8, 4) is 11.5 Å². The highest BCUT2D eigenvalue weighted by Crippen LogP contribution is 2.52. The van der Waals surface area contributed by atoms with Crippen LogP contribution in [0.2, 0.25) is 5.02 Å². The fourth-order valence-corrected chi connectivity index (χ4v) is 5.01. The second-order valence-electron chi connectivity index (χ2n) is 9.30. The number of benzene rings is 2. The first-order valence-electron chi connectivity index (χ1n) is 11.4. The van der Waals surface area contributed by atoms with E-state index >= 15 is 0 Å². The van der Waals surface area contributed by atoms with Crippen LogP contribution in [0.5, 0.6) is 11.5 Å². The number of rotatable bonds is 7. The first-order chi connectivity index (χ1) is 15.3. The average Bonchev–Trinajstić information content (AvgIpc) is 2.76. The van der Waals surface area contributed by atoms with Crippen molar-refractivity contribution >= 4 is 17.6 Å². The molecule has 2 aromatic rings. The summed E-state index contributed by atoms with van der Waals surface area (Å²) in [4.78, 5) is 12.1. The van der Waals surface area contributed by atoms with Crippen LogP contribution in [0.3, 0.4) is 0 Å². The lowest BCUT2D eigenvalue weighted by Crippen LogP contribution is -2.53. The first kappa shape index (κ1) is 22.9. The number of carboxylic acid groups (broad SMARTS) is 1. The molecular weight excluding hydrogens is 428 g/mol. The summed E-state index contributed by atoms with van der Waals surface area (Å²) >= 11 is 6.22. The van der Waals surface area contributed by atoms with Crippen LogP contribution in [0.4, 0.5) is 0 Å². The van der Waals surface area contributed by atoms with Gasteiger partial charge in [-0.1, -0.05) is 43.1 Å². The number of carboxylic acids is 1. The van der Waals surface area contributed by atoms with Gasteiger partial charge >= 0.3 is 5.97 Å². The topological polar surface area (TPSA) is 65.0 Å². The molecule has 5 nitrogen and oxygen atoms in total. The zero-order valence-electron chi connectivity index (χ0n) is 18.8. The Bertz CT molecular complexity index is 972. The molecule has 172 valence electrons. The number of carbonyl (C=O) groups is 1. The monoisotopic (exact) mass is 458 g/mol. The molecule has 0 amide bonds. The maximum Gasteiger partial charge on any atom is 0.309 e. The number of para-hydroxylation sites is 1. The van der Waals surface area contributed by atoms with Gasteiger partial charge in [0.25, 0.3) is 0 Å². The molecule has 1 saturated heterocycles. The van der Waals surface area contributed by atoms with Gasteiger partial charge in [0.15, 0.2) is 0 Å². The summed E-state index contributed by atoms with van der Waals surface area (Å²) in [7, 11) is 0. The largest absolute Gasteiger partial charge is 0.489 e. The van der Waals surface area contributed by atoms with Crippen LogP contribution in [0, 0.1) is 11.8 Å². The summed E-state index contributed by atoms with van der Waals surface area (Å²) in [6.07, 6.45) is 2.88. The molecule has 0 radical (unpaired) electrons. The van der Waals surface area contributed by atoms with Crippen molar-refractivity contribution in [1.29, 1.82) is 0 Å². The molecule has 4 atom stereocenters. The van der Waals surface area contributed by atoms with E-state index < -0.39 is 23.6 Å². The number of halogens is 1. The fourth-order valence-electron chi connectivity index (χ4n) is 4.82. The maximum absolute atomic E-state index is 12.1. The summed E-state index contributed by atoms with van der Waals surface area (Å²) in [6, 6.07) is 13.5. The van der Waals surface area contributed by atoms with Gasteiger partial charge in [-0.3, -0.25) is 4.79 Å². The molecular formula is C26H31ClO5. The van der Waals surface area contributed by atoms with Crippen LogP contribution in [0.25, 0.3) is 0 Å². The van der Waals surface area contributed by atoms with E-state index in [1.54, 1.807) is 12.1 Å². The molecule has 0 saturated carbocycles. The smallest absolute Gasteiger partial charge is 0.309 e. The minimum atomic E-state index is -0.880. The van der Waals surface area contributed by atoms with Gasteiger partial charge < -0.3 is 19.3 Å². The molecule has 1 N–H and O–H groups in total. The number of unbranched alkanes of at least 4 members (excludes halogenated alkanes) is 1. The minimum Gasteiger partial charge on any atom is -0.489 e. The Morgan fingerprint density at radius 1 is 1.25 bits per heavy atom. The molecule has 0 aromatic heterocycles. The third-order valence-corrected chi connectivity index (χ3v) is 6.98. The highest BCUT2D eigenvalue weighted by atomic mass is 35.5. The second-order valence-corrected chi connectivity index (χ2v) is 9.71. The zero-order chi connectivity index (χ0) is 22.9. The van der Waals surface area contributed by atoms with Crippen LogP contribution < -0.4 is 9.47 Å². The lowest BCUT2D eigenvalue weighted by atomic mass is 9.71. The van der Waals surface area contributed by atoms with Crippen molar-refractivity contribution < 1.29 is 24.1 Å². The second kappa shape index (κ2) is 9.32. The molecule has 2 aliphatic rings. The van der Waals surface area contributed by atoms with Gasteiger partial charge in [-0.2, -0.15) is 0 Å². The maximum atomic E-state index is 12.1. The predicted molar refractivity (Wildman–Crippen MR) is 124 cm³/mol. The molecule has 2 aromatic carbocycles. The van der Waals surface area contributed by atoms with Gasteiger partial charge in [0, 0.05) is 11.5 Å². The molecule has 32 heavy (non-hydrogen) atoms. The Labute approximate surface area is 194 Å². The Morgan fingerprint density at radius 2 is 2.03 bits per heavy atom. The normalized spacial score (nSPS) is 25.9. The standard InChI is InChI=1S/C26H31ClO5/c1-4-5-8-16-11-12-21-17(13-16)24-19(26(2,3)32-21)14-18(25(28)29)23(31-24)15-30-22-10-7-6-9-20(22)27/h6-7,9-13,18-19,23-24H,4-5,8,14-15H2,1-3H3,(H,28,29)/t18-,19-,23-,24+/m0/s1. The third-order valence-electron chi connectivity index (χ3n) is 6.67. The lowest BCUT2D eigenvalue weighted by molar-refractivity contribution is -0.192. The number of aliphatic carboxylic acids is 1. The van der Waals surface area contributed by atoms with Crippen molar-refractivity contribution in [3.05, 3.63) is 58.6 Å². The summed E-state index contributed by atoms with van der Waals surface area (Å²) in [5.74, 6) is -0.301. The molecule has 6 heteroatoms. The lowest BCUT2D eigenvalue weighted by Gasteiger charge is -2.50. The Kier molecular flexibility index (Phi) is 6.68. The molecule has 0 aliphatic carbocycles. The molecule has 1 fully saturated rings. The molecule has 0 unspecified atom stereocenters. The number of fused-ring (bicyclic) bond motifs is 3. The summed E-state index contributed by atoms with van der Waals surface area (Å²) in [6.45, 7) is 6.33. The average molecular weight is 459 g/mol. The Hall–Kier alpha value is -2.24.